The molecule has 0 saturated heterocycles. The van der Waals surface area contributed by atoms with Crippen molar-refractivity contribution in [1.82, 2.24) is 0 Å². The van der Waals surface area contributed by atoms with Crippen LogP contribution in [0.4, 0.5) is 0 Å². The molecule has 0 amide bonds. The molecule has 0 saturated carbocycles. The van der Waals surface area contributed by atoms with E-state index in [0.29, 0.717) is 12.3 Å². The molecule has 1 nitrogen and oxygen atoms in total. The first kappa shape index (κ1) is 15.2. The summed E-state index contributed by atoms with van der Waals surface area (Å²) >= 11 is 8.47. The number of halogens is 2. The van der Waals surface area contributed by atoms with Crippen molar-refractivity contribution in [1.29, 1.82) is 0 Å². The molecule has 1 unspecified atom stereocenters. The van der Waals surface area contributed by atoms with E-state index in [4.69, 9.17) is 0 Å². The molecule has 2 rings (SSSR count). The van der Waals surface area contributed by atoms with Crippen molar-refractivity contribution in [3.8, 4) is 0 Å². The van der Waals surface area contributed by atoms with Gasteiger partial charge in [0.05, 0.1) is 9.89 Å². The Labute approximate surface area is 134 Å². The van der Waals surface area contributed by atoms with E-state index in [1.165, 1.54) is 5.56 Å². The molecule has 0 aliphatic heterocycles. The number of rotatable bonds is 4. The first-order chi connectivity index (χ1) is 8.97. The van der Waals surface area contributed by atoms with Gasteiger partial charge in [0.15, 0.2) is 0 Å². The second kappa shape index (κ2) is 6.53. The van der Waals surface area contributed by atoms with Gasteiger partial charge < -0.3 is 5.11 Å². The van der Waals surface area contributed by atoms with Crippen molar-refractivity contribution in [3.05, 3.63) is 54.6 Å². The van der Waals surface area contributed by atoms with Gasteiger partial charge in [0.2, 0.25) is 0 Å². The maximum absolute atomic E-state index is 10.3. The summed E-state index contributed by atoms with van der Waals surface area (Å²) in [5.74, 6) is 0.545. The highest BCUT2D eigenvalue weighted by Gasteiger charge is 2.13. The molecule has 0 aliphatic carbocycles. The van der Waals surface area contributed by atoms with Crippen LogP contribution in [0.2, 0.25) is 0 Å². The summed E-state index contributed by atoms with van der Waals surface area (Å²) in [6, 6.07) is 10.5. The topological polar surface area (TPSA) is 20.2 Å². The predicted molar refractivity (Wildman–Crippen MR) is 88.9 cm³/mol. The minimum Gasteiger partial charge on any atom is -0.387 e. The summed E-state index contributed by atoms with van der Waals surface area (Å²) in [5, 5.41) is 10.3. The van der Waals surface area contributed by atoms with E-state index in [1.54, 1.807) is 11.3 Å². The number of aliphatic hydroxyl groups excluding tert-OH is 1. The molecule has 19 heavy (non-hydrogen) atoms. The molecule has 1 N–H and O–H groups in total. The Morgan fingerprint density at radius 1 is 1.16 bits per heavy atom. The summed E-state index contributed by atoms with van der Waals surface area (Å²) in [5.41, 5.74) is 2.50. The number of hydrogen-bond acceptors (Lipinski definition) is 2. The fourth-order valence-electron chi connectivity index (χ4n) is 1.89. The van der Waals surface area contributed by atoms with Crippen molar-refractivity contribution in [2.24, 2.45) is 0 Å². The zero-order valence-electron chi connectivity index (χ0n) is 10.9. The fraction of sp³-hybridized carbons (Fsp3) is 0.333. The van der Waals surface area contributed by atoms with Crippen LogP contribution in [0.3, 0.4) is 0 Å². The van der Waals surface area contributed by atoms with Gasteiger partial charge in [-0.25, -0.2) is 0 Å². The lowest BCUT2D eigenvalue weighted by Gasteiger charge is -2.10. The molecule has 1 aromatic heterocycles. The van der Waals surface area contributed by atoms with Gasteiger partial charge in [0, 0.05) is 15.8 Å². The smallest absolute Gasteiger partial charge is 0.0922 e. The normalized spacial score (nSPS) is 12.9. The highest BCUT2D eigenvalue weighted by molar-refractivity contribution is 9.13. The highest BCUT2D eigenvalue weighted by atomic mass is 79.9. The molecule has 0 aliphatic rings. The van der Waals surface area contributed by atoms with Gasteiger partial charge in [-0.2, -0.15) is 0 Å². The van der Waals surface area contributed by atoms with Crippen molar-refractivity contribution in [2.45, 2.75) is 32.3 Å². The van der Waals surface area contributed by atoms with Crippen molar-refractivity contribution in [2.75, 3.05) is 0 Å². The van der Waals surface area contributed by atoms with E-state index >= 15 is 0 Å². The Morgan fingerprint density at radius 2 is 1.79 bits per heavy atom. The predicted octanol–water partition coefficient (Wildman–Crippen LogP) is 5.67. The first-order valence-electron chi connectivity index (χ1n) is 6.19. The molecular weight excluding hydrogens is 388 g/mol. The minimum absolute atomic E-state index is 0.447. The Hall–Kier alpha value is -0.160. The van der Waals surface area contributed by atoms with Crippen LogP contribution in [0.25, 0.3) is 0 Å². The third-order valence-corrected chi connectivity index (χ3v) is 6.43. The summed E-state index contributed by atoms with van der Waals surface area (Å²) < 4.78 is 2.03. The van der Waals surface area contributed by atoms with Crippen LogP contribution in [0.1, 0.15) is 41.9 Å². The Balaban J connectivity index is 2.08. The lowest BCUT2D eigenvalue weighted by molar-refractivity contribution is 0.182. The van der Waals surface area contributed by atoms with Crippen molar-refractivity contribution >= 4 is 43.2 Å². The van der Waals surface area contributed by atoms with Gasteiger partial charge >= 0.3 is 0 Å². The molecule has 102 valence electrons. The van der Waals surface area contributed by atoms with Gasteiger partial charge in [-0.1, -0.05) is 38.1 Å². The Morgan fingerprint density at radius 3 is 2.26 bits per heavy atom. The van der Waals surface area contributed by atoms with Crippen LogP contribution >= 0.6 is 43.2 Å². The van der Waals surface area contributed by atoms with Crippen LogP contribution in [0, 0.1) is 0 Å². The molecule has 0 fully saturated rings. The molecule has 0 radical (unpaired) electrons. The largest absolute Gasteiger partial charge is 0.387 e. The van der Waals surface area contributed by atoms with Gasteiger partial charge in [-0.05, 0) is 55.0 Å². The SMILES string of the molecule is CC(C)c1ccc(CC(O)c2cc(Br)c(Br)s2)cc1. The number of hydrogen-bond donors (Lipinski definition) is 1. The zero-order chi connectivity index (χ0) is 14.0. The fourth-order valence-corrected chi connectivity index (χ4v) is 3.97. The number of aliphatic hydroxyl groups is 1. The van der Waals surface area contributed by atoms with Crippen LogP contribution in [-0.2, 0) is 6.42 Å². The molecule has 1 aromatic carbocycles. The Bertz CT molecular complexity index is 526. The first-order valence-corrected chi connectivity index (χ1v) is 8.59. The average molecular weight is 404 g/mol. The molecule has 0 bridgehead atoms. The summed E-state index contributed by atoms with van der Waals surface area (Å²) in [7, 11) is 0. The number of thiophene rings is 1. The lowest BCUT2D eigenvalue weighted by atomic mass is 9.99. The van der Waals surface area contributed by atoms with E-state index in [1.807, 2.05) is 6.07 Å². The minimum atomic E-state index is -0.447. The van der Waals surface area contributed by atoms with E-state index in [9.17, 15) is 5.11 Å². The van der Waals surface area contributed by atoms with Gasteiger partial charge in [-0.3, -0.25) is 0 Å². The second-order valence-electron chi connectivity index (χ2n) is 4.89. The van der Waals surface area contributed by atoms with E-state index in [2.05, 4.69) is 70.0 Å². The van der Waals surface area contributed by atoms with Crippen LogP contribution in [0.15, 0.2) is 38.6 Å². The molecular formula is C15H16Br2OS. The molecule has 1 heterocycles. The standard InChI is InChI=1S/C15H16Br2OS/c1-9(2)11-5-3-10(4-6-11)7-13(18)14-8-12(16)15(17)19-14/h3-6,8-9,13,18H,7H2,1-2H3. The van der Waals surface area contributed by atoms with Gasteiger partial charge in [0.25, 0.3) is 0 Å². The van der Waals surface area contributed by atoms with Crippen LogP contribution in [0.5, 0.6) is 0 Å². The van der Waals surface area contributed by atoms with Gasteiger partial charge in [0.1, 0.15) is 0 Å². The lowest BCUT2D eigenvalue weighted by Crippen LogP contribution is -1.99. The third kappa shape index (κ3) is 3.91. The van der Waals surface area contributed by atoms with Crippen molar-refractivity contribution < 1.29 is 5.11 Å². The maximum Gasteiger partial charge on any atom is 0.0922 e. The Kier molecular flexibility index (Phi) is 5.23. The average Bonchev–Trinajstić information content (AvgIpc) is 2.70. The summed E-state index contributed by atoms with van der Waals surface area (Å²) in [6.07, 6.45) is 0.204. The number of benzene rings is 1. The third-order valence-electron chi connectivity index (χ3n) is 3.07. The van der Waals surface area contributed by atoms with Crippen LogP contribution in [-0.4, -0.2) is 5.11 Å². The molecule has 0 spiro atoms. The highest BCUT2D eigenvalue weighted by Crippen LogP contribution is 2.36. The van der Waals surface area contributed by atoms with E-state index < -0.39 is 6.10 Å². The monoisotopic (exact) mass is 402 g/mol. The second-order valence-corrected chi connectivity index (χ2v) is 8.14. The van der Waals surface area contributed by atoms with E-state index in [0.717, 1.165) is 18.7 Å². The van der Waals surface area contributed by atoms with Crippen LogP contribution < -0.4 is 0 Å². The molecule has 1 atom stereocenters. The maximum atomic E-state index is 10.3. The van der Waals surface area contributed by atoms with Crippen molar-refractivity contribution in [3.63, 3.8) is 0 Å². The zero-order valence-corrected chi connectivity index (χ0v) is 14.8. The summed E-state index contributed by atoms with van der Waals surface area (Å²) in [4.78, 5) is 0.978. The van der Waals surface area contributed by atoms with E-state index in [-0.39, 0.29) is 0 Å². The molecule has 2 aromatic rings. The summed E-state index contributed by atoms with van der Waals surface area (Å²) in [6.45, 7) is 4.37. The quantitative estimate of drug-likeness (QED) is 0.696. The molecule has 4 heteroatoms. The van der Waals surface area contributed by atoms with Gasteiger partial charge in [-0.15, -0.1) is 11.3 Å².